The number of hydrogen-bond acceptors (Lipinski definition) is 3. The van der Waals surface area contributed by atoms with Crippen LogP contribution in [0.5, 0.6) is 0 Å². The predicted molar refractivity (Wildman–Crippen MR) is 79.6 cm³/mol. The molecule has 2 aromatic heterocycles. The lowest BCUT2D eigenvalue weighted by atomic mass is 10.2. The maximum absolute atomic E-state index is 12.8. The molecule has 3 aromatic rings. The molecule has 0 radical (unpaired) electrons. The molecule has 5 heteroatoms. The number of thiophene rings is 1. The van der Waals surface area contributed by atoms with Gasteiger partial charge in [-0.3, -0.25) is 4.79 Å². The first-order chi connectivity index (χ1) is 10.2. The summed E-state index contributed by atoms with van der Waals surface area (Å²) in [7, 11) is 0. The van der Waals surface area contributed by atoms with Crippen LogP contribution in [0.15, 0.2) is 58.3 Å². The van der Waals surface area contributed by atoms with Crippen LogP contribution in [-0.4, -0.2) is 5.91 Å². The number of nitrogens with one attached hydrogen (secondary N) is 1. The summed E-state index contributed by atoms with van der Waals surface area (Å²) in [5, 5.41) is 4.72. The fraction of sp³-hybridized carbons (Fsp3) is 0.0625. The number of carbonyl (C=O) groups is 1. The molecule has 3 nitrogen and oxygen atoms in total. The Labute approximate surface area is 125 Å². The van der Waals surface area contributed by atoms with E-state index in [0.29, 0.717) is 17.9 Å². The molecular weight excluding hydrogens is 289 g/mol. The molecule has 0 saturated carbocycles. The van der Waals surface area contributed by atoms with Crippen LogP contribution < -0.4 is 5.32 Å². The first-order valence-electron chi connectivity index (χ1n) is 6.39. The Morgan fingerprint density at radius 3 is 2.67 bits per heavy atom. The molecule has 0 fully saturated rings. The van der Waals surface area contributed by atoms with Crippen molar-refractivity contribution in [2.75, 3.05) is 0 Å². The van der Waals surface area contributed by atoms with Crippen molar-refractivity contribution in [1.82, 2.24) is 5.32 Å². The summed E-state index contributed by atoms with van der Waals surface area (Å²) in [6, 6.07) is 13.1. The molecule has 0 spiro atoms. The summed E-state index contributed by atoms with van der Waals surface area (Å²) in [6.45, 7) is 0.293. The Hall–Kier alpha value is -2.40. The maximum Gasteiger partial charge on any atom is 0.251 e. The average molecular weight is 301 g/mol. The SMILES string of the molecule is O=C(NCc1ccc(-c2cccs2)o1)c1ccc(F)cc1. The molecule has 0 atom stereocenters. The molecule has 2 heterocycles. The Kier molecular flexibility index (Phi) is 3.83. The van der Waals surface area contributed by atoms with E-state index in [4.69, 9.17) is 4.42 Å². The Bertz CT molecular complexity index is 732. The molecule has 0 aliphatic heterocycles. The predicted octanol–water partition coefficient (Wildman–Crippen LogP) is 4.08. The molecule has 106 valence electrons. The van der Waals surface area contributed by atoms with Gasteiger partial charge in [0.05, 0.1) is 11.4 Å². The minimum Gasteiger partial charge on any atom is -0.458 e. The number of rotatable bonds is 4. The van der Waals surface area contributed by atoms with Crippen molar-refractivity contribution >= 4 is 17.2 Å². The van der Waals surface area contributed by atoms with Gasteiger partial charge < -0.3 is 9.73 Å². The van der Waals surface area contributed by atoms with Crippen molar-refractivity contribution in [2.24, 2.45) is 0 Å². The van der Waals surface area contributed by atoms with E-state index in [2.05, 4.69) is 5.32 Å². The van der Waals surface area contributed by atoms with Crippen LogP contribution in [0.3, 0.4) is 0 Å². The van der Waals surface area contributed by atoms with E-state index in [1.807, 2.05) is 29.6 Å². The quantitative estimate of drug-likeness (QED) is 0.789. The van der Waals surface area contributed by atoms with Crippen LogP contribution in [0.4, 0.5) is 4.39 Å². The van der Waals surface area contributed by atoms with E-state index in [9.17, 15) is 9.18 Å². The lowest BCUT2D eigenvalue weighted by Crippen LogP contribution is -2.22. The number of halogens is 1. The van der Waals surface area contributed by atoms with Crippen molar-refractivity contribution in [3.63, 3.8) is 0 Å². The summed E-state index contributed by atoms with van der Waals surface area (Å²) in [5.74, 6) is 0.840. The summed E-state index contributed by atoms with van der Waals surface area (Å²) >= 11 is 1.60. The smallest absolute Gasteiger partial charge is 0.251 e. The van der Waals surface area contributed by atoms with E-state index in [1.54, 1.807) is 11.3 Å². The normalized spacial score (nSPS) is 10.5. The fourth-order valence-corrected chi connectivity index (χ4v) is 2.58. The lowest BCUT2D eigenvalue weighted by molar-refractivity contribution is 0.0948. The van der Waals surface area contributed by atoms with Crippen molar-refractivity contribution in [3.05, 3.63) is 71.1 Å². The molecule has 0 saturated heterocycles. The third-order valence-corrected chi connectivity index (χ3v) is 3.84. The summed E-state index contributed by atoms with van der Waals surface area (Å²) in [4.78, 5) is 12.9. The monoisotopic (exact) mass is 301 g/mol. The molecule has 1 aromatic carbocycles. The number of carbonyl (C=O) groups excluding carboxylic acids is 1. The van der Waals surface area contributed by atoms with Crippen LogP contribution in [0.25, 0.3) is 10.6 Å². The van der Waals surface area contributed by atoms with Gasteiger partial charge in [-0.2, -0.15) is 0 Å². The van der Waals surface area contributed by atoms with Gasteiger partial charge in [-0.15, -0.1) is 11.3 Å². The van der Waals surface area contributed by atoms with Gasteiger partial charge in [0.2, 0.25) is 0 Å². The van der Waals surface area contributed by atoms with E-state index in [-0.39, 0.29) is 11.7 Å². The third-order valence-electron chi connectivity index (χ3n) is 2.96. The Morgan fingerprint density at radius 1 is 1.14 bits per heavy atom. The van der Waals surface area contributed by atoms with Crippen molar-refractivity contribution in [2.45, 2.75) is 6.54 Å². The van der Waals surface area contributed by atoms with Crippen LogP contribution >= 0.6 is 11.3 Å². The number of hydrogen-bond donors (Lipinski definition) is 1. The zero-order chi connectivity index (χ0) is 14.7. The zero-order valence-corrected chi connectivity index (χ0v) is 11.8. The van der Waals surface area contributed by atoms with Gasteiger partial charge >= 0.3 is 0 Å². The highest BCUT2D eigenvalue weighted by Crippen LogP contribution is 2.26. The highest BCUT2D eigenvalue weighted by atomic mass is 32.1. The average Bonchev–Trinajstić information content (AvgIpc) is 3.16. The van der Waals surface area contributed by atoms with Crippen LogP contribution in [0.2, 0.25) is 0 Å². The van der Waals surface area contributed by atoms with Gasteiger partial charge in [0.1, 0.15) is 17.3 Å². The molecule has 1 amide bonds. The van der Waals surface area contributed by atoms with Gasteiger partial charge in [-0.05, 0) is 47.8 Å². The van der Waals surface area contributed by atoms with Crippen LogP contribution in [-0.2, 0) is 6.54 Å². The highest BCUT2D eigenvalue weighted by molar-refractivity contribution is 7.13. The minimum absolute atomic E-state index is 0.260. The largest absolute Gasteiger partial charge is 0.458 e. The number of furan rings is 1. The van der Waals surface area contributed by atoms with E-state index < -0.39 is 0 Å². The molecule has 21 heavy (non-hydrogen) atoms. The third kappa shape index (κ3) is 3.20. The molecule has 0 unspecified atom stereocenters. The zero-order valence-electron chi connectivity index (χ0n) is 11.0. The minimum atomic E-state index is -0.363. The van der Waals surface area contributed by atoms with Gasteiger partial charge in [0, 0.05) is 5.56 Å². The van der Waals surface area contributed by atoms with Gasteiger partial charge in [0.15, 0.2) is 0 Å². The maximum atomic E-state index is 12.8. The second-order valence-corrected chi connectivity index (χ2v) is 5.38. The summed E-state index contributed by atoms with van der Waals surface area (Å²) in [6.07, 6.45) is 0. The summed E-state index contributed by atoms with van der Waals surface area (Å²) in [5.41, 5.74) is 0.418. The molecule has 1 N–H and O–H groups in total. The topological polar surface area (TPSA) is 42.2 Å². The molecule has 0 aliphatic carbocycles. The second kappa shape index (κ2) is 5.93. The lowest BCUT2D eigenvalue weighted by Gasteiger charge is -2.03. The van der Waals surface area contributed by atoms with Crippen molar-refractivity contribution < 1.29 is 13.6 Å². The second-order valence-electron chi connectivity index (χ2n) is 4.43. The van der Waals surface area contributed by atoms with Crippen molar-refractivity contribution in [1.29, 1.82) is 0 Å². The van der Waals surface area contributed by atoms with E-state index >= 15 is 0 Å². The van der Waals surface area contributed by atoms with Crippen LogP contribution in [0.1, 0.15) is 16.1 Å². The van der Waals surface area contributed by atoms with Gasteiger partial charge in [-0.1, -0.05) is 6.07 Å². The first kappa shape index (κ1) is 13.6. The van der Waals surface area contributed by atoms with Crippen LogP contribution in [0, 0.1) is 5.82 Å². The highest BCUT2D eigenvalue weighted by Gasteiger charge is 2.08. The fourth-order valence-electron chi connectivity index (χ4n) is 1.89. The molecule has 0 aliphatic rings. The molecule has 3 rings (SSSR count). The summed E-state index contributed by atoms with van der Waals surface area (Å²) < 4.78 is 18.5. The van der Waals surface area contributed by atoms with E-state index in [1.165, 1.54) is 24.3 Å². The van der Waals surface area contributed by atoms with Gasteiger partial charge in [0.25, 0.3) is 5.91 Å². The standard InChI is InChI=1S/C16H12FNO2S/c17-12-5-3-11(4-6-12)16(19)18-10-13-7-8-14(20-13)15-2-1-9-21-15/h1-9H,10H2,(H,18,19). The Balaban J connectivity index is 1.62. The first-order valence-corrected chi connectivity index (χ1v) is 7.27. The van der Waals surface area contributed by atoms with E-state index in [0.717, 1.165) is 10.6 Å². The number of benzene rings is 1. The molecular formula is C16H12FNO2S. The Morgan fingerprint density at radius 2 is 1.95 bits per heavy atom. The van der Waals surface area contributed by atoms with Gasteiger partial charge in [-0.25, -0.2) is 4.39 Å². The molecule has 0 bridgehead atoms. The van der Waals surface area contributed by atoms with Crippen molar-refractivity contribution in [3.8, 4) is 10.6 Å². The number of amides is 1.